The predicted molar refractivity (Wildman–Crippen MR) is 75.3 cm³/mol. The molecule has 0 amide bonds. The van der Waals surface area contributed by atoms with Gasteiger partial charge in [0.1, 0.15) is 5.60 Å². The molecule has 1 atom stereocenters. The van der Waals surface area contributed by atoms with Crippen molar-refractivity contribution >= 4 is 0 Å². The van der Waals surface area contributed by atoms with Crippen LogP contribution in [0.5, 0.6) is 0 Å². The van der Waals surface area contributed by atoms with Crippen molar-refractivity contribution < 1.29 is 14.4 Å². The molecule has 0 radical (unpaired) electrons. The molecule has 1 fully saturated rings. The van der Waals surface area contributed by atoms with Crippen molar-refractivity contribution in [3.05, 3.63) is 11.7 Å². The van der Waals surface area contributed by atoms with Crippen LogP contribution in [0.3, 0.4) is 0 Å². The van der Waals surface area contributed by atoms with E-state index in [9.17, 15) is 5.11 Å². The second kappa shape index (κ2) is 7.18. The minimum atomic E-state index is -0.363. The van der Waals surface area contributed by atoms with Crippen molar-refractivity contribution in [1.29, 1.82) is 0 Å². The predicted octanol–water partition coefficient (Wildman–Crippen LogP) is 2.97. The highest BCUT2D eigenvalue weighted by atomic mass is 16.5. The van der Waals surface area contributed by atoms with Crippen molar-refractivity contribution in [3.63, 3.8) is 0 Å². The Morgan fingerprint density at radius 2 is 2.00 bits per heavy atom. The van der Waals surface area contributed by atoms with Crippen LogP contribution < -0.4 is 0 Å². The highest BCUT2D eigenvalue weighted by Crippen LogP contribution is 2.38. The number of aliphatic hydroxyl groups excluding tert-OH is 1. The van der Waals surface area contributed by atoms with Crippen LogP contribution in [0.1, 0.15) is 70.5 Å². The van der Waals surface area contributed by atoms with Crippen LogP contribution in [-0.2, 0) is 16.8 Å². The molecule has 0 bridgehead atoms. The molecular weight excluding hydrogens is 256 g/mol. The van der Waals surface area contributed by atoms with E-state index in [4.69, 9.17) is 9.26 Å². The molecule has 0 saturated heterocycles. The Hall–Kier alpha value is -0.940. The molecule has 1 N–H and O–H groups in total. The fourth-order valence-corrected chi connectivity index (χ4v) is 2.88. The monoisotopic (exact) mass is 282 g/mol. The van der Waals surface area contributed by atoms with Gasteiger partial charge in [-0.3, -0.25) is 0 Å². The Bertz CT molecular complexity index is 396. The van der Waals surface area contributed by atoms with Crippen LogP contribution in [0.15, 0.2) is 4.52 Å². The minimum absolute atomic E-state index is 0.343. The third-order valence-corrected chi connectivity index (χ3v) is 3.98. The summed E-state index contributed by atoms with van der Waals surface area (Å²) in [6.07, 6.45) is 7.66. The SMILES string of the molecule is CCOC1(c2noc(CCC(C)O)n2)CCCCCC1. The van der Waals surface area contributed by atoms with E-state index in [0.29, 0.717) is 31.2 Å². The van der Waals surface area contributed by atoms with Gasteiger partial charge in [-0.05, 0) is 33.1 Å². The number of rotatable bonds is 6. The summed E-state index contributed by atoms with van der Waals surface area (Å²) in [7, 11) is 0. The lowest BCUT2D eigenvalue weighted by molar-refractivity contribution is -0.0636. The average Bonchev–Trinajstić information content (AvgIpc) is 2.78. The van der Waals surface area contributed by atoms with Crippen molar-refractivity contribution in [1.82, 2.24) is 10.1 Å². The van der Waals surface area contributed by atoms with Crippen LogP contribution in [0, 0.1) is 0 Å². The van der Waals surface area contributed by atoms with E-state index in [1.165, 1.54) is 12.8 Å². The number of aryl methyl sites for hydroxylation is 1. The molecule has 1 saturated carbocycles. The molecule has 2 rings (SSSR count). The molecule has 5 heteroatoms. The first-order valence-corrected chi connectivity index (χ1v) is 7.81. The fourth-order valence-electron chi connectivity index (χ4n) is 2.88. The average molecular weight is 282 g/mol. The summed E-state index contributed by atoms with van der Waals surface area (Å²) in [5.41, 5.74) is -0.363. The van der Waals surface area contributed by atoms with Crippen LogP contribution in [0.4, 0.5) is 0 Å². The highest BCUT2D eigenvalue weighted by Gasteiger charge is 2.38. The highest BCUT2D eigenvalue weighted by molar-refractivity contribution is 5.03. The molecule has 20 heavy (non-hydrogen) atoms. The third kappa shape index (κ3) is 3.79. The zero-order chi connectivity index (χ0) is 14.4. The Labute approximate surface area is 120 Å². The van der Waals surface area contributed by atoms with E-state index in [1.54, 1.807) is 6.92 Å². The van der Waals surface area contributed by atoms with E-state index >= 15 is 0 Å². The van der Waals surface area contributed by atoms with Crippen molar-refractivity contribution in [3.8, 4) is 0 Å². The zero-order valence-electron chi connectivity index (χ0n) is 12.6. The maximum absolute atomic E-state index is 9.33. The largest absolute Gasteiger partial charge is 0.393 e. The molecule has 1 aliphatic rings. The van der Waals surface area contributed by atoms with Crippen LogP contribution in [0.25, 0.3) is 0 Å². The summed E-state index contributed by atoms with van der Waals surface area (Å²) in [5, 5.41) is 13.5. The lowest BCUT2D eigenvalue weighted by Crippen LogP contribution is -2.30. The van der Waals surface area contributed by atoms with Gasteiger partial charge in [0, 0.05) is 13.0 Å². The van der Waals surface area contributed by atoms with Crippen molar-refractivity contribution in [2.45, 2.75) is 76.9 Å². The summed E-state index contributed by atoms with van der Waals surface area (Å²) in [5.74, 6) is 1.30. The lowest BCUT2D eigenvalue weighted by atomic mass is 9.93. The zero-order valence-corrected chi connectivity index (χ0v) is 12.6. The van der Waals surface area contributed by atoms with E-state index in [-0.39, 0.29) is 11.7 Å². The minimum Gasteiger partial charge on any atom is -0.393 e. The molecule has 0 spiro atoms. The number of hydrogen-bond acceptors (Lipinski definition) is 5. The van der Waals surface area contributed by atoms with Gasteiger partial charge in [0.25, 0.3) is 0 Å². The van der Waals surface area contributed by atoms with Crippen LogP contribution >= 0.6 is 0 Å². The Balaban J connectivity index is 2.12. The number of hydrogen-bond donors (Lipinski definition) is 1. The number of aromatic nitrogens is 2. The van der Waals surface area contributed by atoms with Gasteiger partial charge >= 0.3 is 0 Å². The molecule has 0 aliphatic heterocycles. The van der Waals surface area contributed by atoms with Crippen LogP contribution in [-0.4, -0.2) is 28.0 Å². The second-order valence-electron chi connectivity index (χ2n) is 5.74. The van der Waals surface area contributed by atoms with Gasteiger partial charge in [-0.1, -0.05) is 30.8 Å². The van der Waals surface area contributed by atoms with E-state index in [0.717, 1.165) is 25.7 Å². The molecule has 1 aromatic rings. The normalized spacial score (nSPS) is 20.6. The number of aliphatic hydroxyl groups is 1. The van der Waals surface area contributed by atoms with Gasteiger partial charge in [-0.25, -0.2) is 0 Å². The van der Waals surface area contributed by atoms with E-state index < -0.39 is 0 Å². The maximum Gasteiger partial charge on any atom is 0.226 e. The van der Waals surface area contributed by atoms with Gasteiger partial charge in [0.2, 0.25) is 11.7 Å². The van der Waals surface area contributed by atoms with Gasteiger partial charge < -0.3 is 14.4 Å². The number of ether oxygens (including phenoxy) is 1. The molecule has 1 aromatic heterocycles. The third-order valence-electron chi connectivity index (χ3n) is 3.98. The number of nitrogens with zero attached hydrogens (tertiary/aromatic N) is 2. The standard InChI is InChI=1S/C15H26N2O3/c1-3-19-15(10-6-4-5-7-11-15)14-16-13(20-17-14)9-8-12(2)18/h12,18H,3-11H2,1-2H3. The van der Waals surface area contributed by atoms with Crippen LogP contribution in [0.2, 0.25) is 0 Å². The smallest absolute Gasteiger partial charge is 0.226 e. The van der Waals surface area contributed by atoms with E-state index in [2.05, 4.69) is 10.1 Å². The molecule has 1 aliphatic carbocycles. The fraction of sp³-hybridized carbons (Fsp3) is 0.867. The quantitative estimate of drug-likeness (QED) is 0.812. The molecule has 0 aromatic carbocycles. The Morgan fingerprint density at radius 1 is 1.30 bits per heavy atom. The summed E-state index contributed by atoms with van der Waals surface area (Å²) < 4.78 is 11.4. The first-order chi connectivity index (χ1) is 9.66. The van der Waals surface area contributed by atoms with Crippen molar-refractivity contribution in [2.24, 2.45) is 0 Å². The maximum atomic E-state index is 9.33. The summed E-state index contributed by atoms with van der Waals surface area (Å²) in [4.78, 5) is 4.52. The molecule has 1 heterocycles. The van der Waals surface area contributed by atoms with Gasteiger partial charge in [-0.2, -0.15) is 4.98 Å². The van der Waals surface area contributed by atoms with Gasteiger partial charge in [-0.15, -0.1) is 0 Å². The first-order valence-electron chi connectivity index (χ1n) is 7.81. The molecule has 114 valence electrons. The van der Waals surface area contributed by atoms with E-state index in [1.807, 2.05) is 6.92 Å². The van der Waals surface area contributed by atoms with Crippen molar-refractivity contribution in [2.75, 3.05) is 6.61 Å². The summed E-state index contributed by atoms with van der Waals surface area (Å²) >= 11 is 0. The molecule has 1 unspecified atom stereocenters. The lowest BCUT2D eigenvalue weighted by Gasteiger charge is -2.29. The topological polar surface area (TPSA) is 68.4 Å². The Morgan fingerprint density at radius 3 is 2.60 bits per heavy atom. The second-order valence-corrected chi connectivity index (χ2v) is 5.74. The molecule has 5 nitrogen and oxygen atoms in total. The summed E-state index contributed by atoms with van der Waals surface area (Å²) in [6, 6.07) is 0. The first kappa shape index (κ1) is 15.4. The summed E-state index contributed by atoms with van der Waals surface area (Å²) in [6.45, 7) is 4.45. The molecular formula is C15H26N2O3. The van der Waals surface area contributed by atoms with Gasteiger partial charge in [0.05, 0.1) is 6.10 Å². The Kier molecular flexibility index (Phi) is 5.54. The van der Waals surface area contributed by atoms with Gasteiger partial charge in [0.15, 0.2) is 0 Å².